The Kier molecular flexibility index (Phi) is 10.4. The summed E-state index contributed by atoms with van der Waals surface area (Å²) in [6.45, 7) is 9.57. The van der Waals surface area contributed by atoms with Crippen molar-refractivity contribution in [3.63, 3.8) is 0 Å². The first-order chi connectivity index (χ1) is 21.5. The fourth-order valence-electron chi connectivity index (χ4n) is 8.29. The van der Waals surface area contributed by atoms with Crippen molar-refractivity contribution in [3.05, 3.63) is 125 Å². The van der Waals surface area contributed by atoms with E-state index in [-0.39, 0.29) is 13.8 Å². The van der Waals surface area contributed by atoms with Gasteiger partial charge in [0.05, 0.1) is 0 Å². The summed E-state index contributed by atoms with van der Waals surface area (Å²) in [6.07, 6.45) is 14.2. The van der Waals surface area contributed by atoms with Gasteiger partial charge in [0.15, 0.2) is 0 Å². The van der Waals surface area contributed by atoms with Gasteiger partial charge in [-0.25, -0.2) is 0 Å². The van der Waals surface area contributed by atoms with Crippen LogP contribution < -0.4 is 5.30 Å². The third-order valence-electron chi connectivity index (χ3n) is 10.5. The molecular weight excluding hydrogens is 547 g/mol. The fourth-order valence-corrected chi connectivity index (χ4v) is 12.3. The molecule has 4 aromatic carbocycles. The molecule has 2 saturated carbocycles. The second-order valence-electron chi connectivity index (χ2n) is 14.1. The molecule has 4 aromatic rings. The maximum Gasteiger partial charge on any atom is 0.0340 e. The van der Waals surface area contributed by atoms with Crippen molar-refractivity contribution in [2.45, 2.75) is 121 Å². The first kappa shape index (κ1) is 31.3. The molecule has 0 saturated heterocycles. The van der Waals surface area contributed by atoms with Crippen molar-refractivity contribution in [2.24, 2.45) is 0 Å². The molecule has 1 heteroatoms. The van der Waals surface area contributed by atoms with E-state index >= 15 is 0 Å². The zero-order valence-corrected chi connectivity index (χ0v) is 28.5. The summed E-state index contributed by atoms with van der Waals surface area (Å²) in [5.41, 5.74) is 12.1. The first-order valence-electron chi connectivity index (χ1n) is 17.7. The van der Waals surface area contributed by atoms with Gasteiger partial charge in [-0.05, 0) is 99.2 Å². The van der Waals surface area contributed by atoms with Gasteiger partial charge < -0.3 is 0 Å². The van der Waals surface area contributed by atoms with Crippen molar-refractivity contribution in [2.75, 3.05) is 0 Å². The number of rotatable bonds is 9. The molecule has 0 unspecified atom stereocenters. The van der Waals surface area contributed by atoms with Gasteiger partial charge in [0.1, 0.15) is 0 Å². The SMILES string of the molecule is CC(C)c1cccc(C(C)C)c1-c1ccc(C(c2ccccc2)c2ccccc2)cc1P(C1CCCCC1)C1CCCCC1. The molecule has 0 heterocycles. The van der Waals surface area contributed by atoms with Crippen LogP contribution in [0.1, 0.15) is 137 Å². The van der Waals surface area contributed by atoms with Crippen molar-refractivity contribution >= 4 is 13.2 Å². The molecule has 0 radical (unpaired) electrons. The minimum atomic E-state index is -0.279. The van der Waals surface area contributed by atoms with Crippen LogP contribution in [0.5, 0.6) is 0 Å². The number of hydrogen-bond acceptors (Lipinski definition) is 0. The van der Waals surface area contributed by atoms with Gasteiger partial charge in [-0.1, -0.05) is 165 Å². The van der Waals surface area contributed by atoms with Crippen LogP contribution in [0.4, 0.5) is 0 Å². The lowest BCUT2D eigenvalue weighted by atomic mass is 9.82. The third kappa shape index (κ3) is 6.77. The highest BCUT2D eigenvalue weighted by atomic mass is 31.1. The van der Waals surface area contributed by atoms with E-state index in [0.717, 1.165) is 11.3 Å². The molecule has 44 heavy (non-hydrogen) atoms. The Morgan fingerprint density at radius 2 is 0.977 bits per heavy atom. The van der Waals surface area contributed by atoms with E-state index in [1.165, 1.54) is 92.0 Å². The van der Waals surface area contributed by atoms with E-state index in [1.807, 2.05) is 0 Å². The van der Waals surface area contributed by atoms with Crippen molar-refractivity contribution < 1.29 is 0 Å². The summed E-state index contributed by atoms with van der Waals surface area (Å²) in [5.74, 6) is 1.23. The lowest BCUT2D eigenvalue weighted by Gasteiger charge is -2.40. The molecule has 230 valence electrons. The summed E-state index contributed by atoms with van der Waals surface area (Å²) in [7, 11) is -0.279. The van der Waals surface area contributed by atoms with Crippen molar-refractivity contribution in [3.8, 4) is 11.1 Å². The molecular formula is C43H53P. The minimum absolute atomic E-state index is 0.240. The zero-order valence-electron chi connectivity index (χ0n) is 27.6. The van der Waals surface area contributed by atoms with E-state index < -0.39 is 0 Å². The van der Waals surface area contributed by atoms with Gasteiger partial charge in [-0.2, -0.15) is 0 Å². The Morgan fingerprint density at radius 3 is 1.43 bits per heavy atom. The van der Waals surface area contributed by atoms with E-state index in [1.54, 1.807) is 16.4 Å². The number of benzene rings is 4. The molecule has 6 rings (SSSR count). The van der Waals surface area contributed by atoms with Gasteiger partial charge in [0.25, 0.3) is 0 Å². The Labute approximate surface area is 269 Å². The first-order valence-corrected chi connectivity index (χ1v) is 19.2. The van der Waals surface area contributed by atoms with E-state index in [4.69, 9.17) is 0 Å². The summed E-state index contributed by atoms with van der Waals surface area (Å²) in [4.78, 5) is 0. The predicted octanol–water partition coefficient (Wildman–Crippen LogP) is 12.6. The molecule has 0 aliphatic heterocycles. The van der Waals surface area contributed by atoms with Crippen molar-refractivity contribution in [1.82, 2.24) is 0 Å². The molecule has 0 bridgehead atoms. The Bertz CT molecular complexity index is 1390. The predicted molar refractivity (Wildman–Crippen MR) is 194 cm³/mol. The maximum absolute atomic E-state index is 2.75. The third-order valence-corrected chi connectivity index (χ3v) is 14.0. The molecule has 0 nitrogen and oxygen atoms in total. The Morgan fingerprint density at radius 1 is 0.500 bits per heavy atom. The second kappa shape index (κ2) is 14.6. The van der Waals surface area contributed by atoms with Crippen LogP contribution in [0, 0.1) is 0 Å². The van der Waals surface area contributed by atoms with Crippen LogP contribution in [-0.2, 0) is 0 Å². The van der Waals surface area contributed by atoms with Gasteiger partial charge in [0.2, 0.25) is 0 Å². The highest BCUT2D eigenvalue weighted by molar-refractivity contribution is 7.67. The van der Waals surface area contributed by atoms with E-state index in [0.29, 0.717) is 11.8 Å². The second-order valence-corrected chi connectivity index (χ2v) is 16.9. The highest BCUT2D eigenvalue weighted by Gasteiger charge is 2.35. The number of hydrogen-bond donors (Lipinski definition) is 0. The molecule has 0 aromatic heterocycles. The Balaban J connectivity index is 1.62. The van der Waals surface area contributed by atoms with Crippen LogP contribution in [-0.4, -0.2) is 11.3 Å². The molecule has 2 aliphatic carbocycles. The van der Waals surface area contributed by atoms with Gasteiger partial charge in [-0.3, -0.25) is 0 Å². The molecule has 0 spiro atoms. The Hall–Kier alpha value is -2.69. The van der Waals surface area contributed by atoms with Crippen molar-refractivity contribution in [1.29, 1.82) is 0 Å². The normalized spacial score (nSPS) is 16.8. The monoisotopic (exact) mass is 600 g/mol. The average molecular weight is 601 g/mol. The van der Waals surface area contributed by atoms with E-state index in [2.05, 4.69) is 125 Å². The van der Waals surface area contributed by atoms with Gasteiger partial charge >= 0.3 is 0 Å². The highest BCUT2D eigenvalue weighted by Crippen LogP contribution is 2.57. The van der Waals surface area contributed by atoms with Gasteiger partial charge in [0, 0.05) is 5.92 Å². The topological polar surface area (TPSA) is 0 Å². The van der Waals surface area contributed by atoms with E-state index in [9.17, 15) is 0 Å². The lowest BCUT2D eigenvalue weighted by Crippen LogP contribution is -2.28. The van der Waals surface area contributed by atoms with Crippen LogP contribution in [0.15, 0.2) is 97.1 Å². The summed E-state index contributed by atoms with van der Waals surface area (Å²) < 4.78 is 0. The summed E-state index contributed by atoms with van der Waals surface area (Å²) in [5, 5.41) is 1.73. The molecule has 0 N–H and O–H groups in total. The molecule has 0 amide bonds. The largest absolute Gasteiger partial charge is 0.0683 e. The van der Waals surface area contributed by atoms with Crippen LogP contribution in [0.25, 0.3) is 11.1 Å². The zero-order chi connectivity index (χ0) is 30.5. The quantitative estimate of drug-likeness (QED) is 0.132. The minimum Gasteiger partial charge on any atom is -0.0683 e. The van der Waals surface area contributed by atoms with Crippen LogP contribution in [0.2, 0.25) is 0 Å². The molecule has 2 aliphatic rings. The molecule has 2 fully saturated rings. The fraction of sp³-hybridized carbons (Fsp3) is 0.442. The smallest absolute Gasteiger partial charge is 0.0340 e. The van der Waals surface area contributed by atoms with Gasteiger partial charge in [-0.15, -0.1) is 0 Å². The maximum atomic E-state index is 2.75. The van der Waals surface area contributed by atoms with Crippen LogP contribution >= 0.6 is 7.92 Å². The summed E-state index contributed by atoms with van der Waals surface area (Å²) >= 11 is 0. The average Bonchev–Trinajstić information content (AvgIpc) is 3.07. The van der Waals surface area contributed by atoms with Crippen LogP contribution in [0.3, 0.4) is 0 Å². The summed E-state index contributed by atoms with van der Waals surface area (Å²) in [6, 6.07) is 37.5. The standard InChI is InChI=1S/C43H53P/c1-31(2)38-26-17-27-39(32(3)4)43(38)40-29-28-35(42(33-18-9-5-10-19-33)34-20-11-6-12-21-34)30-41(40)44(36-22-13-7-14-23-36)37-24-15-8-16-25-37/h5-6,9-12,17-21,26-32,36-37,42H,7-8,13-16,22-25H2,1-4H3. The molecule has 0 atom stereocenters. The lowest BCUT2D eigenvalue weighted by molar-refractivity contribution is 0.487.